The van der Waals surface area contributed by atoms with Gasteiger partial charge in [0.25, 0.3) is 0 Å². The first-order valence-electron chi connectivity index (χ1n) is 5.18. The molecule has 0 unspecified atom stereocenters. The number of benzene rings is 1. The van der Waals surface area contributed by atoms with Crippen LogP contribution < -0.4 is 5.19 Å². The minimum Gasteiger partial charge on any atom is -0.358 e. The maximum absolute atomic E-state index is 4.18. The van der Waals surface area contributed by atoms with E-state index in [0.717, 1.165) is 0 Å². The first-order valence-corrected chi connectivity index (χ1v) is 8.39. The van der Waals surface area contributed by atoms with Crippen LogP contribution in [-0.4, -0.2) is 8.07 Å². The summed E-state index contributed by atoms with van der Waals surface area (Å²) >= 11 is 0. The van der Waals surface area contributed by atoms with Crippen LogP contribution in [0.15, 0.2) is 60.7 Å². The molecule has 2 aromatic rings. The van der Waals surface area contributed by atoms with Gasteiger partial charge in [-0.15, -0.1) is 0 Å². The van der Waals surface area contributed by atoms with Crippen LogP contribution in [0.5, 0.6) is 0 Å². The van der Waals surface area contributed by atoms with Crippen molar-refractivity contribution in [3.63, 3.8) is 0 Å². The molecule has 2 aromatic carbocycles. The Balaban J connectivity index is -0.000000245. The molecule has 0 atom stereocenters. The van der Waals surface area contributed by atoms with Crippen LogP contribution in [0.2, 0.25) is 13.1 Å². The molecule has 0 saturated heterocycles. The molecule has 0 nitrogen and oxygen atoms in total. The van der Waals surface area contributed by atoms with Crippen molar-refractivity contribution in [1.29, 1.82) is 0 Å². The Morgan fingerprint density at radius 3 is 1.56 bits per heavy atom. The molecule has 0 bridgehead atoms. The molecule has 0 N–H and O–H groups in total. The fourth-order valence-corrected chi connectivity index (χ4v) is 2.30. The van der Waals surface area contributed by atoms with Gasteiger partial charge in [-0.05, 0) is 0 Å². The number of hydrogen-bond acceptors (Lipinski definition) is 0. The van der Waals surface area contributed by atoms with Crippen molar-refractivity contribution >= 4 is 13.3 Å². The van der Waals surface area contributed by atoms with Crippen molar-refractivity contribution in [3.05, 3.63) is 82.1 Å². The van der Waals surface area contributed by atoms with Gasteiger partial charge in [-0.3, -0.25) is 0 Å². The third-order valence-corrected chi connectivity index (χ3v) is 4.01. The predicted octanol–water partition coefficient (Wildman–Crippen LogP) is 4.28. The molecular formula is C16H24PtSi. The summed E-state index contributed by atoms with van der Waals surface area (Å²) in [7, 11) is -1.28. The second-order valence-electron chi connectivity index (χ2n) is 4.21. The zero-order chi connectivity index (χ0) is 11.1. The second-order valence-corrected chi connectivity index (χ2v) is 8.56. The van der Waals surface area contributed by atoms with Gasteiger partial charge in [0, 0.05) is 0 Å². The minimum absolute atomic E-state index is 0. The molecule has 2 rings (SSSR count). The molecule has 18 heavy (non-hydrogen) atoms. The Kier molecular flexibility index (Phi) is 14.5. The third kappa shape index (κ3) is 9.50. The van der Waals surface area contributed by atoms with Gasteiger partial charge in [0.2, 0.25) is 0 Å². The van der Waals surface area contributed by atoms with Crippen LogP contribution in [0, 0.1) is 21.4 Å². The Hall–Kier alpha value is -0.525. The summed E-state index contributed by atoms with van der Waals surface area (Å²) in [6.07, 6.45) is 0. The van der Waals surface area contributed by atoms with Crippen LogP contribution in [0.4, 0.5) is 0 Å². The molecule has 0 heterocycles. The summed E-state index contributed by atoms with van der Waals surface area (Å²) in [5.74, 6) is 0. The van der Waals surface area contributed by atoms with E-state index in [1.807, 2.05) is 36.4 Å². The van der Waals surface area contributed by atoms with Gasteiger partial charge in [-0.1, -0.05) is 56.7 Å². The molecular weight excluding hydrogens is 415 g/mol. The van der Waals surface area contributed by atoms with Gasteiger partial charge in [0.05, 0.1) is 0 Å². The molecule has 2 heteroatoms. The zero-order valence-corrected chi connectivity index (χ0v) is 15.1. The van der Waals surface area contributed by atoms with E-state index in [1.54, 1.807) is 0 Å². The van der Waals surface area contributed by atoms with Crippen LogP contribution in [0.1, 0.15) is 0 Å². The SMILES string of the molecule is [CH2-][Si](C)(C)c1ccccc1.[CH3-].[CH3-].[Pt+4].c1cc[cH-]c1. The fraction of sp³-hybridized carbons (Fsp3) is 0.125. The van der Waals surface area contributed by atoms with Crippen LogP contribution in [0.3, 0.4) is 0 Å². The standard InChI is InChI=1S/C9H13Si.C5H5.2CH3.Pt/c1-10(2,3)9-7-5-4-6-8-9;1-2-4-5-3-1;;;/h4-8H,1H2,2-3H3;1-5H;2*1H3;/q4*-1;+4. The molecule has 0 aromatic heterocycles. The van der Waals surface area contributed by atoms with Crippen LogP contribution in [0.25, 0.3) is 0 Å². The monoisotopic (exact) mass is 439 g/mol. The fourth-order valence-electron chi connectivity index (χ4n) is 1.21. The maximum Gasteiger partial charge on any atom is 4.00 e. The van der Waals surface area contributed by atoms with Gasteiger partial charge in [0.15, 0.2) is 0 Å². The Bertz CT molecular complexity index is 329. The average molecular weight is 440 g/mol. The van der Waals surface area contributed by atoms with Gasteiger partial charge in [-0.25, -0.2) is 12.1 Å². The van der Waals surface area contributed by atoms with Crippen molar-refractivity contribution in [2.45, 2.75) is 13.1 Å². The van der Waals surface area contributed by atoms with Crippen LogP contribution in [-0.2, 0) is 21.1 Å². The molecule has 0 fully saturated rings. The Morgan fingerprint density at radius 1 is 0.889 bits per heavy atom. The first-order chi connectivity index (χ1) is 7.11. The first kappa shape index (κ1) is 22.6. The van der Waals surface area contributed by atoms with Crippen molar-refractivity contribution in [2.24, 2.45) is 0 Å². The van der Waals surface area contributed by atoms with Crippen molar-refractivity contribution in [1.82, 2.24) is 0 Å². The Morgan fingerprint density at radius 2 is 1.33 bits per heavy atom. The Labute approximate surface area is 129 Å². The molecule has 0 saturated carbocycles. The smallest absolute Gasteiger partial charge is 0.358 e. The maximum atomic E-state index is 4.18. The average Bonchev–Trinajstić information content (AvgIpc) is 2.76. The summed E-state index contributed by atoms with van der Waals surface area (Å²) in [6.45, 7) is 8.68. The largest absolute Gasteiger partial charge is 4.00 e. The quantitative estimate of drug-likeness (QED) is 0.460. The summed E-state index contributed by atoms with van der Waals surface area (Å²) in [5, 5.41) is 1.43. The molecule has 0 amide bonds. The molecule has 0 aliphatic heterocycles. The molecule has 102 valence electrons. The summed E-state index contributed by atoms with van der Waals surface area (Å²) in [6, 6.07) is 20.5. The van der Waals surface area contributed by atoms with E-state index in [9.17, 15) is 0 Å². The van der Waals surface area contributed by atoms with Gasteiger partial charge < -0.3 is 21.4 Å². The zero-order valence-electron chi connectivity index (χ0n) is 11.8. The second kappa shape index (κ2) is 11.6. The topological polar surface area (TPSA) is 0 Å². The predicted molar refractivity (Wildman–Crippen MR) is 83.8 cm³/mol. The third-order valence-electron chi connectivity index (χ3n) is 2.11. The summed E-state index contributed by atoms with van der Waals surface area (Å²) in [5.41, 5.74) is 0. The van der Waals surface area contributed by atoms with E-state index >= 15 is 0 Å². The van der Waals surface area contributed by atoms with Gasteiger partial charge >= 0.3 is 21.1 Å². The van der Waals surface area contributed by atoms with E-state index in [4.69, 9.17) is 0 Å². The summed E-state index contributed by atoms with van der Waals surface area (Å²) in [4.78, 5) is 0. The van der Waals surface area contributed by atoms with E-state index in [2.05, 4.69) is 43.9 Å². The number of hydrogen-bond donors (Lipinski definition) is 0. The van der Waals surface area contributed by atoms with E-state index < -0.39 is 8.07 Å². The van der Waals surface area contributed by atoms with E-state index in [-0.39, 0.29) is 35.9 Å². The van der Waals surface area contributed by atoms with Crippen molar-refractivity contribution < 1.29 is 21.1 Å². The molecule has 0 radical (unpaired) electrons. The minimum atomic E-state index is -1.28. The van der Waals surface area contributed by atoms with E-state index in [0.29, 0.717) is 0 Å². The normalized spacial score (nSPS) is 8.61. The van der Waals surface area contributed by atoms with E-state index in [1.165, 1.54) is 5.19 Å². The van der Waals surface area contributed by atoms with Crippen molar-refractivity contribution in [2.75, 3.05) is 0 Å². The molecule has 0 aliphatic carbocycles. The van der Waals surface area contributed by atoms with Gasteiger partial charge in [-0.2, -0.15) is 18.2 Å². The van der Waals surface area contributed by atoms with Gasteiger partial charge in [0.1, 0.15) is 0 Å². The number of rotatable bonds is 1. The summed E-state index contributed by atoms with van der Waals surface area (Å²) < 4.78 is 0. The van der Waals surface area contributed by atoms with Crippen molar-refractivity contribution in [3.8, 4) is 0 Å². The molecule has 0 spiro atoms. The van der Waals surface area contributed by atoms with Crippen LogP contribution >= 0.6 is 0 Å². The molecule has 0 aliphatic rings.